The number of ether oxygens (including phenoxy) is 8. The van der Waals surface area contributed by atoms with Gasteiger partial charge >= 0.3 is 47.8 Å². The summed E-state index contributed by atoms with van der Waals surface area (Å²) >= 11 is 18.9. The lowest BCUT2D eigenvalue weighted by Crippen LogP contribution is -2.42. The van der Waals surface area contributed by atoms with Crippen molar-refractivity contribution in [3.63, 3.8) is 0 Å². The van der Waals surface area contributed by atoms with Crippen LogP contribution in [0.15, 0.2) is 102 Å². The third-order valence-electron chi connectivity index (χ3n) is 24.0. The number of thiocarbonyl (C=S) groups is 2. The third-order valence-corrected chi connectivity index (χ3v) is 32.9. The van der Waals surface area contributed by atoms with Gasteiger partial charge in [0.2, 0.25) is 23.6 Å². The second-order valence-electron chi connectivity index (χ2n) is 41.6. The van der Waals surface area contributed by atoms with Gasteiger partial charge in [-0.25, -0.2) is 4.98 Å². The molecule has 11 atom stereocenters. The fourth-order valence-electron chi connectivity index (χ4n) is 14.6. The number of amides is 6. The van der Waals surface area contributed by atoms with Crippen LogP contribution in [0.3, 0.4) is 0 Å². The van der Waals surface area contributed by atoms with Crippen LogP contribution >= 0.6 is 129 Å². The molecule has 41 heteroatoms. The number of likely N-dealkylation sites (tertiary alicyclic amines) is 1. The number of nitrogens with zero attached hydrogens (tertiary/aromatic N) is 7. The SMILES string of the molecule is CCSC(=S)SC(CC(CC(C)(C)C(=O)OCCSC1CC(=O)N(CCOC(=O)C(C)CC(CC(C)C(=O)OCC[N+](C)(C)CC)C(=O)OCC[N+](C)(C)C)C1=O)C(=O)NC(C)C)c1ccccc1.CCSC(=S)SC(CC(CC(C)(C)C(=O)OCCSSc1ccccn1)C(=O)NC(C)C)c1ccccc1.CC[N+](C)(C)CCOC(=O)C(C)CC(CC(C)C(=O)OCCN1C(=O)C=CC1=O)C(=O)OCC[N+](C)(C)C.I. The summed E-state index contributed by atoms with van der Waals surface area (Å²) in [6, 6.07) is 25.8. The Morgan fingerprint density at radius 3 is 1.14 bits per heavy atom. The third kappa shape index (κ3) is 55.2. The fraction of sp³-hybridized carbons (Fsp3) is 0.667. The number of nitrogens with one attached hydrogen (secondary N) is 2. The molecule has 1 saturated heterocycles. The minimum absolute atomic E-state index is 0. The molecule has 822 valence electrons. The zero-order valence-electron chi connectivity index (χ0n) is 90.9. The van der Waals surface area contributed by atoms with E-state index in [2.05, 4.69) is 62.6 Å². The predicted molar refractivity (Wildman–Crippen MR) is 607 cm³/mol. The van der Waals surface area contributed by atoms with Crippen LogP contribution in [0.4, 0.5) is 0 Å². The number of carbonyl (C=O) groups excluding carboxylic acids is 14. The zero-order chi connectivity index (χ0) is 109. The summed E-state index contributed by atoms with van der Waals surface area (Å²) in [6.07, 6.45) is 6.19. The number of rotatable bonds is 63. The maximum atomic E-state index is 13.6. The van der Waals surface area contributed by atoms with E-state index in [1.54, 1.807) is 116 Å². The summed E-state index contributed by atoms with van der Waals surface area (Å²) in [5.41, 5.74) is 0.335. The first kappa shape index (κ1) is 136. The van der Waals surface area contributed by atoms with Gasteiger partial charge in [0, 0.05) is 70.7 Å². The Kier molecular flexibility index (Phi) is 64.3. The van der Waals surface area contributed by atoms with Crippen LogP contribution in [0.2, 0.25) is 0 Å². The van der Waals surface area contributed by atoms with Crippen LogP contribution in [-0.4, -0.2) is 339 Å². The molecule has 0 saturated carbocycles. The molecule has 2 N–H and O–H groups in total. The molecule has 11 unspecified atom stereocenters. The highest BCUT2D eigenvalue weighted by Crippen LogP contribution is 2.44. The molecule has 0 aliphatic carbocycles. The second-order valence-corrected chi connectivity index (χ2v) is 52.7. The van der Waals surface area contributed by atoms with Crippen LogP contribution in [0, 0.1) is 58.2 Å². The number of hydrogen-bond acceptors (Lipinski definition) is 32. The van der Waals surface area contributed by atoms with E-state index in [0.717, 1.165) is 74.2 Å². The number of imide groups is 2. The molecule has 0 spiro atoms. The van der Waals surface area contributed by atoms with E-state index in [4.69, 9.17) is 62.3 Å². The van der Waals surface area contributed by atoms with Crippen molar-refractivity contribution in [3.8, 4) is 0 Å². The molecule has 2 aliphatic rings. The van der Waals surface area contributed by atoms with E-state index in [0.29, 0.717) is 71.3 Å². The number of pyridine rings is 1. The lowest BCUT2D eigenvalue weighted by atomic mass is 9.80. The highest BCUT2D eigenvalue weighted by Gasteiger charge is 2.43. The average molecular weight is 2320 g/mol. The number of aromatic nitrogens is 1. The van der Waals surface area contributed by atoms with Gasteiger partial charge in [0.25, 0.3) is 11.8 Å². The standard InChI is InChI=1S/C50H81N4O11S4.C28H38N2O3S5.C27H47N3O8.HI/c1-14-54(12,13)23-26-63-46(59)36(6)30-38(47(60)64-25-22-53(9,10)11)29-35(5)45(58)62-24-21-52-42(55)32-41(44(52)57)68-28-27-65-48(61)50(7,8)33-39(43(56)51-34(3)4)31-40(69-49(66)67-15-2)37-19-17-16-18-20-37;1-6-35-27(34)37-23(21-12-8-7-9-13-21)18-22(25(31)30-20(2)3)19-28(4,5)26(32)33-16-17-36-38-24-14-10-11-15-29-24;1-9-30(7,8)14-17-37-26(34)21(3)19-22(27(35)38-16-13-29(4,5)6)18-20(2)25(33)36-15-12-28-23(31)10-11-24(28)32;/h16-20,34-36,38-41H,14-15,21-33H2,1-13H3;7-15,20,22-23H,6,16-19H2,1-5H3,(H,30,31);10-11,20-22H,9,12-19H2,1-8H3;1H/q+1;;+2;/p+1. The summed E-state index contributed by atoms with van der Waals surface area (Å²) < 4.78 is 48.5. The van der Waals surface area contributed by atoms with Crippen molar-refractivity contribution >= 4 is 219 Å². The van der Waals surface area contributed by atoms with E-state index in [-0.39, 0.29) is 174 Å². The molecular weight excluding hydrogens is 2150 g/mol. The second kappa shape index (κ2) is 69.2. The lowest BCUT2D eigenvalue weighted by Gasteiger charge is -2.30. The minimum atomic E-state index is -1.02. The molecule has 3 heterocycles. The first-order valence-electron chi connectivity index (χ1n) is 50.0. The Morgan fingerprint density at radius 2 is 0.788 bits per heavy atom. The van der Waals surface area contributed by atoms with Crippen molar-refractivity contribution in [2.45, 2.75) is 201 Å². The highest BCUT2D eigenvalue weighted by molar-refractivity contribution is 14.0. The van der Waals surface area contributed by atoms with Crippen LogP contribution < -0.4 is 10.6 Å². The Hall–Kier alpha value is -6.49. The largest absolute Gasteiger partial charge is 0.464 e. The number of hydrogen-bond donors (Lipinski definition) is 2. The molecule has 1 aromatic heterocycles. The first-order chi connectivity index (χ1) is 67.9. The van der Waals surface area contributed by atoms with Crippen LogP contribution in [-0.2, 0) is 105 Å². The summed E-state index contributed by atoms with van der Waals surface area (Å²) in [4.78, 5) is 187. The number of carbonyl (C=O) groups is 14. The first-order valence-corrected chi connectivity index (χ1v) is 58.0. The maximum Gasteiger partial charge on any atom is 0.311 e. The number of quaternary nitrogens is 4. The fourth-order valence-corrected chi connectivity index (χ4v) is 22.8. The summed E-state index contributed by atoms with van der Waals surface area (Å²) in [5, 5.41) is 6.24. The summed E-state index contributed by atoms with van der Waals surface area (Å²) in [5.74, 6) is -7.97. The normalized spacial score (nSPS) is 15.5. The van der Waals surface area contributed by atoms with Gasteiger partial charge in [-0.2, -0.15) is 0 Å². The van der Waals surface area contributed by atoms with E-state index >= 15 is 0 Å². The van der Waals surface area contributed by atoms with Crippen molar-refractivity contribution in [2.24, 2.45) is 58.2 Å². The molecule has 2 aliphatic heterocycles. The minimum Gasteiger partial charge on any atom is -0.464 e. The van der Waals surface area contributed by atoms with Crippen molar-refractivity contribution in [1.29, 1.82) is 0 Å². The smallest absolute Gasteiger partial charge is 0.311 e. The van der Waals surface area contributed by atoms with Gasteiger partial charge in [0.1, 0.15) is 91.1 Å². The molecule has 2 aromatic carbocycles. The van der Waals surface area contributed by atoms with Gasteiger partial charge in [-0.3, -0.25) is 76.9 Å². The quantitative estimate of drug-likeness (QED) is 0.00774. The molecule has 0 bridgehead atoms. The van der Waals surface area contributed by atoms with Crippen LogP contribution in [0.5, 0.6) is 0 Å². The summed E-state index contributed by atoms with van der Waals surface area (Å²) in [7, 11) is 23.3. The van der Waals surface area contributed by atoms with Gasteiger partial charge in [-0.05, 0) is 166 Å². The van der Waals surface area contributed by atoms with E-state index in [9.17, 15) is 67.1 Å². The van der Waals surface area contributed by atoms with Crippen LogP contribution in [0.25, 0.3) is 0 Å². The highest BCUT2D eigenvalue weighted by atomic mass is 127. The number of esters is 8. The van der Waals surface area contributed by atoms with Gasteiger partial charge in [0.15, 0.2) is 0 Å². The van der Waals surface area contributed by atoms with E-state index in [1.807, 2.05) is 172 Å². The van der Waals surface area contributed by atoms with E-state index in [1.165, 1.54) is 11.8 Å². The summed E-state index contributed by atoms with van der Waals surface area (Å²) in [6.45, 7) is 34.8. The predicted octanol–water partition coefficient (Wildman–Crippen LogP) is 16.4. The Balaban J connectivity index is 0.000000795. The molecule has 1 fully saturated rings. The van der Waals surface area contributed by atoms with Crippen molar-refractivity contribution in [2.75, 3.05) is 199 Å². The number of likely N-dealkylation sites (N-methyl/N-ethyl adjacent to an activating group) is 4. The topological polar surface area (TPSA) is 356 Å². The van der Waals surface area contributed by atoms with Crippen molar-refractivity contribution in [3.05, 3.63) is 108 Å². The number of benzene rings is 2. The molecule has 6 amide bonds. The Labute approximate surface area is 926 Å². The Morgan fingerprint density at radius 1 is 0.438 bits per heavy atom. The molecule has 31 nitrogen and oxygen atoms in total. The molecule has 0 radical (unpaired) electrons. The van der Waals surface area contributed by atoms with Crippen molar-refractivity contribution < 1.29 is 123 Å². The molecule has 5 rings (SSSR count). The number of thioether (sulfide) groups is 5. The zero-order valence-corrected chi connectivity index (χ0v) is 101. The van der Waals surface area contributed by atoms with Gasteiger partial charge in [0.05, 0.1) is 148 Å². The Bertz CT molecular complexity index is 4610. The van der Waals surface area contributed by atoms with E-state index < -0.39 is 123 Å². The monoisotopic (exact) mass is 2320 g/mol. The molecule has 3 aromatic rings. The van der Waals surface area contributed by atoms with Gasteiger partial charge in [-0.1, -0.05) is 167 Å². The maximum absolute atomic E-state index is 13.6. The van der Waals surface area contributed by atoms with Crippen molar-refractivity contribution in [1.82, 2.24) is 25.4 Å². The lowest BCUT2D eigenvalue weighted by molar-refractivity contribution is -0.888. The number of halogens is 1. The molecule has 146 heavy (non-hydrogen) atoms. The molecular formula is C105H168IN9O22S9+4. The van der Waals surface area contributed by atoms with Gasteiger partial charge < -0.3 is 66.5 Å². The average Bonchev–Trinajstić information content (AvgIpc) is 1.45. The van der Waals surface area contributed by atoms with Crippen LogP contribution in [0.1, 0.15) is 190 Å². The van der Waals surface area contributed by atoms with Gasteiger partial charge in [-0.15, -0.1) is 59.3 Å².